The first kappa shape index (κ1) is 21.2. The summed E-state index contributed by atoms with van der Waals surface area (Å²) in [6.45, 7) is -0.0370. The maximum absolute atomic E-state index is 12.5. The smallest absolute Gasteiger partial charge is 0.392 e. The molecule has 0 aliphatic carbocycles. The van der Waals surface area contributed by atoms with E-state index in [-0.39, 0.29) is 23.3 Å². The SMILES string of the molecule is Cn1c(/C=C/c2ccc(SC(F)(F)F)cc2)nc2cc(-c3ccccc3CO)ccc21. The second kappa shape index (κ2) is 8.61. The van der Waals surface area contributed by atoms with Crippen molar-refractivity contribution >= 4 is 34.9 Å². The summed E-state index contributed by atoms with van der Waals surface area (Å²) in [6, 6.07) is 19.9. The van der Waals surface area contributed by atoms with Gasteiger partial charge in [0.15, 0.2) is 0 Å². The largest absolute Gasteiger partial charge is 0.446 e. The molecule has 7 heteroatoms. The highest BCUT2D eigenvalue weighted by molar-refractivity contribution is 8.00. The summed E-state index contributed by atoms with van der Waals surface area (Å²) in [7, 11) is 1.92. The molecule has 0 saturated carbocycles. The fourth-order valence-electron chi connectivity index (χ4n) is 3.43. The van der Waals surface area contributed by atoms with E-state index in [2.05, 4.69) is 0 Å². The molecule has 1 N–H and O–H groups in total. The van der Waals surface area contributed by atoms with Gasteiger partial charge in [0, 0.05) is 11.9 Å². The van der Waals surface area contributed by atoms with Crippen LogP contribution in [0.1, 0.15) is 17.0 Å². The van der Waals surface area contributed by atoms with E-state index in [1.165, 1.54) is 12.1 Å². The lowest BCUT2D eigenvalue weighted by molar-refractivity contribution is -0.0328. The molecule has 3 nitrogen and oxygen atoms in total. The molecule has 0 radical (unpaired) electrons. The number of aryl methyl sites for hydroxylation is 1. The normalized spacial score (nSPS) is 12.2. The number of rotatable bonds is 5. The molecule has 0 spiro atoms. The molecule has 0 aliphatic rings. The second-order valence-electron chi connectivity index (χ2n) is 7.00. The van der Waals surface area contributed by atoms with Crippen LogP contribution in [0, 0.1) is 0 Å². The molecule has 31 heavy (non-hydrogen) atoms. The quantitative estimate of drug-likeness (QED) is 0.359. The van der Waals surface area contributed by atoms with Crippen molar-refractivity contribution in [3.63, 3.8) is 0 Å². The van der Waals surface area contributed by atoms with Crippen LogP contribution < -0.4 is 0 Å². The predicted molar refractivity (Wildman–Crippen MR) is 119 cm³/mol. The van der Waals surface area contributed by atoms with Crippen molar-refractivity contribution in [2.45, 2.75) is 17.0 Å². The van der Waals surface area contributed by atoms with E-state index in [9.17, 15) is 18.3 Å². The number of halogens is 3. The average molecular weight is 440 g/mol. The van der Waals surface area contributed by atoms with Crippen LogP contribution in [0.2, 0.25) is 0 Å². The van der Waals surface area contributed by atoms with Gasteiger partial charge in [-0.2, -0.15) is 13.2 Å². The third kappa shape index (κ3) is 4.84. The van der Waals surface area contributed by atoms with E-state index >= 15 is 0 Å². The lowest BCUT2D eigenvalue weighted by Crippen LogP contribution is -1.98. The van der Waals surface area contributed by atoms with E-state index in [1.807, 2.05) is 66.2 Å². The number of thioether (sulfide) groups is 1. The number of fused-ring (bicyclic) bond motifs is 1. The van der Waals surface area contributed by atoms with Gasteiger partial charge in [-0.05, 0) is 64.4 Å². The number of alkyl halides is 3. The lowest BCUT2D eigenvalue weighted by atomic mass is 10.00. The third-order valence-electron chi connectivity index (χ3n) is 4.95. The van der Waals surface area contributed by atoms with Crippen molar-refractivity contribution in [3.05, 3.63) is 83.7 Å². The summed E-state index contributed by atoms with van der Waals surface area (Å²) in [4.78, 5) is 4.85. The lowest BCUT2D eigenvalue weighted by Gasteiger charge is -2.07. The number of imidazole rings is 1. The van der Waals surface area contributed by atoms with Crippen LogP contribution in [0.4, 0.5) is 13.2 Å². The first-order chi connectivity index (χ1) is 14.8. The maximum Gasteiger partial charge on any atom is 0.446 e. The minimum absolute atomic E-state index is 0.0370. The highest BCUT2D eigenvalue weighted by Crippen LogP contribution is 2.36. The number of nitrogens with zero attached hydrogens (tertiary/aromatic N) is 2. The van der Waals surface area contributed by atoms with Gasteiger partial charge in [0.05, 0.1) is 17.6 Å². The Kier molecular flexibility index (Phi) is 5.89. The van der Waals surface area contributed by atoms with Gasteiger partial charge in [0.25, 0.3) is 0 Å². The van der Waals surface area contributed by atoms with Crippen LogP contribution in [-0.2, 0) is 13.7 Å². The van der Waals surface area contributed by atoms with Crippen LogP contribution in [0.15, 0.2) is 71.6 Å². The van der Waals surface area contributed by atoms with Crippen molar-refractivity contribution in [1.29, 1.82) is 0 Å². The molecule has 0 saturated heterocycles. The van der Waals surface area contributed by atoms with Gasteiger partial charge in [-0.1, -0.05) is 48.5 Å². The van der Waals surface area contributed by atoms with Crippen molar-refractivity contribution in [1.82, 2.24) is 9.55 Å². The third-order valence-corrected chi connectivity index (χ3v) is 5.69. The molecule has 0 fully saturated rings. The van der Waals surface area contributed by atoms with E-state index in [1.54, 1.807) is 12.1 Å². The Morgan fingerprint density at radius 1 is 1.00 bits per heavy atom. The molecule has 4 rings (SSSR count). The van der Waals surface area contributed by atoms with Gasteiger partial charge < -0.3 is 9.67 Å². The number of hydrogen-bond donors (Lipinski definition) is 1. The Balaban J connectivity index is 1.61. The van der Waals surface area contributed by atoms with Gasteiger partial charge in [-0.15, -0.1) is 0 Å². The fraction of sp³-hybridized carbons (Fsp3) is 0.125. The maximum atomic E-state index is 12.5. The van der Waals surface area contributed by atoms with E-state index < -0.39 is 5.51 Å². The Bertz CT molecular complexity index is 1240. The number of benzene rings is 3. The number of hydrogen-bond acceptors (Lipinski definition) is 3. The molecular formula is C24H19F3N2OS. The minimum atomic E-state index is -4.29. The summed E-state index contributed by atoms with van der Waals surface area (Å²) in [5.41, 5.74) is 1.07. The van der Waals surface area contributed by atoms with Crippen molar-refractivity contribution < 1.29 is 18.3 Å². The monoisotopic (exact) mass is 440 g/mol. The summed E-state index contributed by atoms with van der Waals surface area (Å²) >= 11 is -0.125. The zero-order chi connectivity index (χ0) is 22.0. The molecule has 0 bridgehead atoms. The molecule has 0 aliphatic heterocycles. The Labute approximate surface area is 181 Å². The Morgan fingerprint density at radius 3 is 2.45 bits per heavy atom. The molecule has 0 amide bonds. The number of aliphatic hydroxyl groups is 1. The standard InChI is InChI=1S/C24H19F3N2OS/c1-29-22-12-9-17(20-5-3-2-4-18(20)15-30)14-21(22)28-23(29)13-8-16-6-10-19(11-7-16)31-24(25,26)27/h2-14,30H,15H2,1H3/b13-8+. The first-order valence-electron chi connectivity index (χ1n) is 9.53. The molecule has 158 valence electrons. The predicted octanol–water partition coefficient (Wildman–Crippen LogP) is 6.51. The van der Waals surface area contributed by atoms with Crippen LogP contribution in [0.3, 0.4) is 0 Å². The summed E-state index contributed by atoms with van der Waals surface area (Å²) in [5, 5.41) is 9.61. The highest BCUT2D eigenvalue weighted by Gasteiger charge is 2.28. The van der Waals surface area contributed by atoms with Crippen LogP contribution in [0.25, 0.3) is 34.3 Å². The van der Waals surface area contributed by atoms with Gasteiger partial charge in [0.2, 0.25) is 0 Å². The van der Waals surface area contributed by atoms with Gasteiger partial charge in [-0.3, -0.25) is 0 Å². The number of aliphatic hydroxyl groups excluding tert-OH is 1. The molecule has 0 atom stereocenters. The Hall–Kier alpha value is -3.03. The topological polar surface area (TPSA) is 38.0 Å². The molecule has 1 aromatic heterocycles. The molecule has 3 aromatic carbocycles. The van der Waals surface area contributed by atoms with Crippen LogP contribution in [-0.4, -0.2) is 20.2 Å². The van der Waals surface area contributed by atoms with Crippen molar-refractivity contribution in [2.75, 3.05) is 0 Å². The first-order valence-corrected chi connectivity index (χ1v) is 10.4. The molecule has 1 heterocycles. The van der Waals surface area contributed by atoms with E-state index in [0.29, 0.717) is 0 Å². The highest BCUT2D eigenvalue weighted by atomic mass is 32.2. The van der Waals surface area contributed by atoms with Crippen molar-refractivity contribution in [3.8, 4) is 11.1 Å². The van der Waals surface area contributed by atoms with Crippen LogP contribution >= 0.6 is 11.8 Å². The average Bonchev–Trinajstić information content (AvgIpc) is 3.07. The second-order valence-corrected chi connectivity index (χ2v) is 8.14. The van der Waals surface area contributed by atoms with E-state index in [4.69, 9.17) is 4.98 Å². The Morgan fingerprint density at radius 2 is 1.74 bits per heavy atom. The van der Waals surface area contributed by atoms with Gasteiger partial charge in [-0.25, -0.2) is 4.98 Å². The van der Waals surface area contributed by atoms with Crippen molar-refractivity contribution in [2.24, 2.45) is 7.05 Å². The fourth-order valence-corrected chi connectivity index (χ4v) is 3.97. The van der Waals surface area contributed by atoms with Gasteiger partial charge >= 0.3 is 5.51 Å². The zero-order valence-corrected chi connectivity index (χ0v) is 17.4. The van der Waals surface area contributed by atoms with Crippen LogP contribution in [0.5, 0.6) is 0 Å². The molecule has 4 aromatic rings. The minimum Gasteiger partial charge on any atom is -0.392 e. The summed E-state index contributed by atoms with van der Waals surface area (Å²) < 4.78 is 39.3. The van der Waals surface area contributed by atoms with E-state index in [0.717, 1.165) is 39.1 Å². The summed E-state index contributed by atoms with van der Waals surface area (Å²) in [5.74, 6) is 0.733. The van der Waals surface area contributed by atoms with Gasteiger partial charge in [0.1, 0.15) is 5.82 Å². The summed E-state index contributed by atoms with van der Waals surface area (Å²) in [6.07, 6.45) is 3.67. The molecular weight excluding hydrogens is 421 g/mol. The number of aromatic nitrogens is 2. The molecule has 0 unspecified atom stereocenters. The zero-order valence-electron chi connectivity index (χ0n) is 16.6.